The van der Waals surface area contributed by atoms with E-state index in [-0.39, 0.29) is 18.6 Å². The zero-order valence-electron chi connectivity index (χ0n) is 13.4. The normalized spacial score (nSPS) is 17.5. The van der Waals surface area contributed by atoms with Gasteiger partial charge in [-0.25, -0.2) is 0 Å². The third-order valence-electron chi connectivity index (χ3n) is 4.15. The lowest BCUT2D eigenvalue weighted by Gasteiger charge is -2.12. The Hall–Kier alpha value is -1.98. The molecule has 3 rings (SSSR count). The van der Waals surface area contributed by atoms with Gasteiger partial charge in [-0.1, -0.05) is 12.1 Å². The van der Waals surface area contributed by atoms with Gasteiger partial charge in [0.1, 0.15) is 6.61 Å². The molecule has 23 heavy (non-hydrogen) atoms. The number of ether oxygens (including phenoxy) is 2. The van der Waals surface area contributed by atoms with Crippen LogP contribution in [0.1, 0.15) is 24.0 Å². The van der Waals surface area contributed by atoms with Crippen LogP contribution in [-0.4, -0.2) is 36.8 Å². The Bertz CT molecular complexity index is 681. The van der Waals surface area contributed by atoms with Crippen molar-refractivity contribution in [2.24, 2.45) is 0 Å². The molecule has 1 aliphatic heterocycles. The SMILES string of the molecule is Cc1ccc2ncccc2c1CNC(=O)COC[C@@H]1CCCO1. The Labute approximate surface area is 136 Å². The molecule has 1 saturated heterocycles. The van der Waals surface area contributed by atoms with Crippen molar-refractivity contribution in [3.8, 4) is 0 Å². The highest BCUT2D eigenvalue weighted by atomic mass is 16.5. The lowest BCUT2D eigenvalue weighted by atomic mass is 10.0. The predicted molar refractivity (Wildman–Crippen MR) is 88.1 cm³/mol. The highest BCUT2D eigenvalue weighted by Crippen LogP contribution is 2.20. The van der Waals surface area contributed by atoms with Crippen molar-refractivity contribution in [3.05, 3.63) is 41.6 Å². The minimum absolute atomic E-state index is 0.0714. The maximum atomic E-state index is 11.9. The molecular weight excluding hydrogens is 292 g/mol. The van der Waals surface area contributed by atoms with E-state index < -0.39 is 0 Å². The van der Waals surface area contributed by atoms with Crippen molar-refractivity contribution >= 4 is 16.8 Å². The fraction of sp³-hybridized carbons (Fsp3) is 0.444. The van der Waals surface area contributed by atoms with Crippen molar-refractivity contribution in [2.75, 3.05) is 19.8 Å². The number of aromatic nitrogens is 1. The van der Waals surface area contributed by atoms with Crippen LogP contribution in [0.2, 0.25) is 0 Å². The minimum Gasteiger partial charge on any atom is -0.376 e. The van der Waals surface area contributed by atoms with E-state index in [1.165, 1.54) is 0 Å². The van der Waals surface area contributed by atoms with Crippen LogP contribution >= 0.6 is 0 Å². The predicted octanol–water partition coefficient (Wildman–Crippen LogP) is 2.36. The van der Waals surface area contributed by atoms with Gasteiger partial charge in [0, 0.05) is 24.7 Å². The monoisotopic (exact) mass is 314 g/mol. The van der Waals surface area contributed by atoms with E-state index in [0.717, 1.165) is 41.5 Å². The van der Waals surface area contributed by atoms with Gasteiger partial charge in [-0.15, -0.1) is 0 Å². The summed E-state index contributed by atoms with van der Waals surface area (Å²) in [6.07, 6.45) is 4.02. The molecule has 2 heterocycles. The molecule has 1 aliphatic rings. The lowest BCUT2D eigenvalue weighted by Crippen LogP contribution is -2.29. The first-order valence-corrected chi connectivity index (χ1v) is 8.03. The Morgan fingerprint density at radius 3 is 3.17 bits per heavy atom. The summed E-state index contributed by atoms with van der Waals surface area (Å²) in [4.78, 5) is 16.3. The molecule has 2 aromatic rings. The van der Waals surface area contributed by atoms with Crippen molar-refractivity contribution in [2.45, 2.75) is 32.4 Å². The third kappa shape index (κ3) is 4.06. The third-order valence-corrected chi connectivity index (χ3v) is 4.15. The van der Waals surface area contributed by atoms with E-state index in [9.17, 15) is 4.79 Å². The first-order valence-electron chi connectivity index (χ1n) is 8.03. The first-order chi connectivity index (χ1) is 11.2. The molecule has 1 amide bonds. The van der Waals surface area contributed by atoms with Crippen molar-refractivity contribution in [3.63, 3.8) is 0 Å². The maximum absolute atomic E-state index is 11.9. The van der Waals surface area contributed by atoms with Crippen LogP contribution in [0.15, 0.2) is 30.5 Å². The Morgan fingerprint density at radius 1 is 1.43 bits per heavy atom. The number of hydrogen-bond donors (Lipinski definition) is 1. The summed E-state index contributed by atoms with van der Waals surface area (Å²) in [7, 11) is 0. The topological polar surface area (TPSA) is 60.5 Å². The molecule has 0 radical (unpaired) electrons. The molecule has 122 valence electrons. The maximum Gasteiger partial charge on any atom is 0.246 e. The number of pyridine rings is 1. The lowest BCUT2D eigenvalue weighted by molar-refractivity contribution is -0.127. The molecule has 1 aromatic heterocycles. The smallest absolute Gasteiger partial charge is 0.246 e. The summed E-state index contributed by atoms with van der Waals surface area (Å²) in [5, 5.41) is 4.00. The number of aryl methyl sites for hydroxylation is 1. The zero-order chi connectivity index (χ0) is 16.1. The first kappa shape index (κ1) is 15.9. The second-order valence-corrected chi connectivity index (χ2v) is 5.86. The summed E-state index contributed by atoms with van der Waals surface area (Å²) in [5.74, 6) is -0.108. The van der Waals surface area contributed by atoms with E-state index >= 15 is 0 Å². The zero-order valence-corrected chi connectivity index (χ0v) is 13.4. The van der Waals surface area contributed by atoms with Crippen LogP contribution in [-0.2, 0) is 20.8 Å². The largest absolute Gasteiger partial charge is 0.376 e. The number of hydrogen-bond acceptors (Lipinski definition) is 4. The Balaban J connectivity index is 1.53. The van der Waals surface area contributed by atoms with Crippen LogP contribution in [0.25, 0.3) is 10.9 Å². The standard InChI is InChI=1S/C18H22N2O3/c1-13-6-7-17-15(5-2-8-19-17)16(13)10-20-18(21)12-22-11-14-4-3-9-23-14/h2,5-8,14H,3-4,9-12H2,1H3,(H,20,21)/t14-/m0/s1. The summed E-state index contributed by atoms with van der Waals surface area (Å²) in [6, 6.07) is 7.98. The molecule has 1 atom stereocenters. The molecule has 0 bridgehead atoms. The number of fused-ring (bicyclic) bond motifs is 1. The summed E-state index contributed by atoms with van der Waals surface area (Å²) < 4.78 is 10.9. The fourth-order valence-corrected chi connectivity index (χ4v) is 2.85. The molecular formula is C18H22N2O3. The van der Waals surface area contributed by atoms with Crippen molar-refractivity contribution in [1.82, 2.24) is 10.3 Å². The number of carbonyl (C=O) groups excluding carboxylic acids is 1. The summed E-state index contributed by atoms with van der Waals surface area (Å²) in [6.45, 7) is 3.89. The van der Waals surface area contributed by atoms with Gasteiger partial charge in [0.15, 0.2) is 0 Å². The molecule has 1 aromatic carbocycles. The van der Waals surface area contributed by atoms with Gasteiger partial charge in [-0.05, 0) is 43.0 Å². The second kappa shape index (κ2) is 7.53. The molecule has 5 heteroatoms. The number of nitrogens with one attached hydrogen (secondary N) is 1. The number of benzene rings is 1. The average molecular weight is 314 g/mol. The molecule has 1 fully saturated rings. The Morgan fingerprint density at radius 2 is 2.35 bits per heavy atom. The van der Waals surface area contributed by atoms with E-state index in [1.54, 1.807) is 6.20 Å². The van der Waals surface area contributed by atoms with Crippen molar-refractivity contribution < 1.29 is 14.3 Å². The van der Waals surface area contributed by atoms with E-state index in [2.05, 4.69) is 10.3 Å². The van der Waals surface area contributed by atoms with E-state index in [1.807, 2.05) is 31.2 Å². The van der Waals surface area contributed by atoms with Crippen LogP contribution < -0.4 is 5.32 Å². The fourth-order valence-electron chi connectivity index (χ4n) is 2.85. The van der Waals surface area contributed by atoms with Crippen LogP contribution in [0.4, 0.5) is 0 Å². The number of carbonyl (C=O) groups is 1. The van der Waals surface area contributed by atoms with Gasteiger partial charge in [-0.3, -0.25) is 9.78 Å². The quantitative estimate of drug-likeness (QED) is 0.889. The van der Waals surface area contributed by atoms with Gasteiger partial charge in [-0.2, -0.15) is 0 Å². The molecule has 0 saturated carbocycles. The molecule has 0 unspecified atom stereocenters. The van der Waals surface area contributed by atoms with Gasteiger partial charge in [0.25, 0.3) is 0 Å². The van der Waals surface area contributed by atoms with Crippen LogP contribution in [0.3, 0.4) is 0 Å². The van der Waals surface area contributed by atoms with Crippen molar-refractivity contribution in [1.29, 1.82) is 0 Å². The van der Waals surface area contributed by atoms with Gasteiger partial charge >= 0.3 is 0 Å². The van der Waals surface area contributed by atoms with E-state index in [4.69, 9.17) is 9.47 Å². The molecule has 1 N–H and O–H groups in total. The number of amides is 1. The second-order valence-electron chi connectivity index (χ2n) is 5.86. The van der Waals surface area contributed by atoms with Gasteiger partial charge in [0.2, 0.25) is 5.91 Å². The summed E-state index contributed by atoms with van der Waals surface area (Å²) >= 11 is 0. The van der Waals surface area contributed by atoms with Crippen LogP contribution in [0, 0.1) is 6.92 Å². The van der Waals surface area contributed by atoms with E-state index in [0.29, 0.717) is 13.2 Å². The van der Waals surface area contributed by atoms with Gasteiger partial charge in [0.05, 0.1) is 18.2 Å². The average Bonchev–Trinajstić information content (AvgIpc) is 3.07. The molecule has 0 aliphatic carbocycles. The number of nitrogens with zero attached hydrogens (tertiary/aromatic N) is 1. The molecule has 5 nitrogen and oxygen atoms in total. The number of rotatable bonds is 6. The highest BCUT2D eigenvalue weighted by Gasteiger charge is 2.16. The minimum atomic E-state index is -0.108. The van der Waals surface area contributed by atoms with Gasteiger partial charge < -0.3 is 14.8 Å². The molecule has 0 spiro atoms. The highest BCUT2D eigenvalue weighted by molar-refractivity contribution is 5.84. The Kier molecular flexibility index (Phi) is 5.20. The summed E-state index contributed by atoms with van der Waals surface area (Å²) in [5.41, 5.74) is 3.19. The van der Waals surface area contributed by atoms with Crippen LogP contribution in [0.5, 0.6) is 0 Å².